The number of nitrogens with zero attached hydrogens (tertiary/aromatic N) is 3. The van der Waals surface area contributed by atoms with Crippen molar-refractivity contribution in [2.75, 3.05) is 6.61 Å². The summed E-state index contributed by atoms with van der Waals surface area (Å²) >= 11 is 3.31. The maximum atomic E-state index is 14.4. The van der Waals surface area contributed by atoms with E-state index >= 15 is 0 Å². The fourth-order valence-electron chi connectivity index (χ4n) is 4.09. The standard InChI is InChI=1S/C27H23BrFN3O2/c1-27(17-33-22-5-3-2-4-6-22)16-25(32-14-13-30-18-32)26(31-34-27)20-9-7-19(8-10-20)23-12-11-21(28)15-24(23)29/h2-15,18,25H,16-17H2,1H3. The van der Waals surface area contributed by atoms with Crippen molar-refractivity contribution in [3.63, 3.8) is 0 Å². The lowest BCUT2D eigenvalue weighted by Gasteiger charge is -2.36. The van der Waals surface area contributed by atoms with Crippen LogP contribution in [0.15, 0.2) is 101 Å². The minimum atomic E-state index is -0.616. The Morgan fingerprint density at radius 3 is 2.56 bits per heavy atom. The molecule has 2 atom stereocenters. The number of ether oxygens (including phenoxy) is 1. The number of hydrogen-bond acceptors (Lipinski definition) is 4. The summed E-state index contributed by atoms with van der Waals surface area (Å²) in [6, 6.07) is 22.4. The molecule has 0 saturated heterocycles. The highest BCUT2D eigenvalue weighted by Crippen LogP contribution is 2.34. The second-order valence-electron chi connectivity index (χ2n) is 8.55. The minimum absolute atomic E-state index is 0.0871. The highest BCUT2D eigenvalue weighted by molar-refractivity contribution is 9.10. The molecule has 2 unspecified atom stereocenters. The van der Waals surface area contributed by atoms with Gasteiger partial charge in [-0.05, 0) is 36.8 Å². The predicted octanol–water partition coefficient (Wildman–Crippen LogP) is 6.66. The first kappa shape index (κ1) is 22.3. The lowest BCUT2D eigenvalue weighted by Crippen LogP contribution is -2.43. The summed E-state index contributed by atoms with van der Waals surface area (Å²) in [6.07, 6.45) is 6.12. The van der Waals surface area contributed by atoms with E-state index in [1.54, 1.807) is 18.6 Å². The zero-order chi connectivity index (χ0) is 23.5. The fourth-order valence-corrected chi connectivity index (χ4v) is 4.42. The molecule has 0 saturated carbocycles. The van der Waals surface area contributed by atoms with Crippen LogP contribution < -0.4 is 4.74 Å². The maximum absolute atomic E-state index is 14.4. The Bertz CT molecular complexity index is 1290. The van der Waals surface area contributed by atoms with E-state index in [0.29, 0.717) is 23.1 Å². The Morgan fingerprint density at radius 2 is 1.85 bits per heavy atom. The van der Waals surface area contributed by atoms with Crippen LogP contribution in [0.25, 0.3) is 11.1 Å². The molecule has 0 N–H and O–H groups in total. The molecule has 3 aromatic carbocycles. The summed E-state index contributed by atoms with van der Waals surface area (Å²) in [5.41, 5.74) is 2.43. The Hall–Kier alpha value is -3.45. The number of para-hydroxylation sites is 1. The lowest BCUT2D eigenvalue weighted by atomic mass is 9.89. The van der Waals surface area contributed by atoms with E-state index in [9.17, 15) is 4.39 Å². The van der Waals surface area contributed by atoms with Gasteiger partial charge in [-0.25, -0.2) is 9.37 Å². The monoisotopic (exact) mass is 519 g/mol. The van der Waals surface area contributed by atoms with Crippen LogP contribution in [-0.4, -0.2) is 27.5 Å². The zero-order valence-corrected chi connectivity index (χ0v) is 20.2. The molecule has 0 spiro atoms. The summed E-state index contributed by atoms with van der Waals surface area (Å²) in [5.74, 6) is 0.517. The van der Waals surface area contributed by atoms with Gasteiger partial charge >= 0.3 is 0 Å². The topological polar surface area (TPSA) is 48.6 Å². The molecular weight excluding hydrogens is 497 g/mol. The molecule has 1 aliphatic rings. The molecule has 2 heterocycles. The van der Waals surface area contributed by atoms with E-state index in [1.807, 2.05) is 78.4 Å². The molecule has 34 heavy (non-hydrogen) atoms. The van der Waals surface area contributed by atoms with Crippen LogP contribution in [0, 0.1) is 5.82 Å². The van der Waals surface area contributed by atoms with E-state index in [0.717, 1.165) is 22.6 Å². The molecule has 0 fully saturated rings. The van der Waals surface area contributed by atoms with Crippen molar-refractivity contribution < 1.29 is 14.0 Å². The Morgan fingerprint density at radius 1 is 1.09 bits per heavy atom. The third-order valence-corrected chi connectivity index (χ3v) is 6.39. The van der Waals surface area contributed by atoms with Crippen molar-refractivity contribution in [1.82, 2.24) is 9.55 Å². The van der Waals surface area contributed by atoms with E-state index in [1.165, 1.54) is 6.07 Å². The summed E-state index contributed by atoms with van der Waals surface area (Å²) in [6.45, 7) is 2.36. The van der Waals surface area contributed by atoms with Crippen LogP contribution in [-0.2, 0) is 4.84 Å². The van der Waals surface area contributed by atoms with Crippen LogP contribution in [0.2, 0.25) is 0 Å². The van der Waals surface area contributed by atoms with Gasteiger partial charge < -0.3 is 14.1 Å². The number of hydrogen-bond donors (Lipinski definition) is 0. The summed E-state index contributed by atoms with van der Waals surface area (Å²) in [5, 5.41) is 4.54. The molecule has 0 amide bonds. The number of imidazole rings is 1. The second kappa shape index (κ2) is 9.43. The minimum Gasteiger partial charge on any atom is -0.489 e. The van der Waals surface area contributed by atoms with Gasteiger partial charge in [0, 0.05) is 34.4 Å². The van der Waals surface area contributed by atoms with Crippen LogP contribution >= 0.6 is 15.9 Å². The Labute approximate surface area is 206 Å². The van der Waals surface area contributed by atoms with Gasteiger partial charge in [-0.2, -0.15) is 0 Å². The normalized spacial score (nSPS) is 19.9. The molecule has 5 nitrogen and oxygen atoms in total. The molecule has 5 rings (SSSR count). The van der Waals surface area contributed by atoms with E-state index in [4.69, 9.17) is 9.57 Å². The van der Waals surface area contributed by atoms with Crippen molar-refractivity contribution in [3.8, 4) is 16.9 Å². The molecular formula is C27H23BrFN3O2. The van der Waals surface area contributed by atoms with Gasteiger partial charge in [-0.3, -0.25) is 0 Å². The molecule has 1 aliphatic heterocycles. The SMILES string of the molecule is CC1(COc2ccccc2)CC(n2ccnc2)C(c2ccc(-c3ccc(Br)cc3F)cc2)=NO1. The molecule has 0 radical (unpaired) electrons. The van der Waals surface area contributed by atoms with Crippen LogP contribution in [0.1, 0.15) is 24.9 Å². The van der Waals surface area contributed by atoms with Gasteiger partial charge in [-0.15, -0.1) is 0 Å². The van der Waals surface area contributed by atoms with Gasteiger partial charge in [0.05, 0.1) is 12.4 Å². The highest BCUT2D eigenvalue weighted by atomic mass is 79.9. The largest absolute Gasteiger partial charge is 0.489 e. The molecule has 4 aromatic rings. The van der Waals surface area contributed by atoms with Crippen LogP contribution in [0.4, 0.5) is 4.39 Å². The number of oxime groups is 1. The van der Waals surface area contributed by atoms with E-state index in [-0.39, 0.29) is 11.9 Å². The van der Waals surface area contributed by atoms with Gasteiger partial charge in [0.1, 0.15) is 23.9 Å². The third kappa shape index (κ3) is 4.75. The predicted molar refractivity (Wildman–Crippen MR) is 133 cm³/mol. The third-order valence-electron chi connectivity index (χ3n) is 5.90. The molecule has 172 valence electrons. The quantitative estimate of drug-likeness (QED) is 0.286. The molecule has 7 heteroatoms. The average molecular weight is 520 g/mol. The number of rotatable bonds is 6. The molecule has 1 aromatic heterocycles. The number of halogens is 2. The first-order valence-electron chi connectivity index (χ1n) is 11.0. The van der Waals surface area contributed by atoms with E-state index in [2.05, 4.69) is 26.1 Å². The summed E-state index contributed by atoms with van der Waals surface area (Å²) in [7, 11) is 0. The van der Waals surface area contributed by atoms with Gasteiger partial charge in [-0.1, -0.05) is 69.6 Å². The lowest BCUT2D eigenvalue weighted by molar-refractivity contribution is -0.0781. The molecule has 0 bridgehead atoms. The first-order valence-corrected chi connectivity index (χ1v) is 11.8. The zero-order valence-electron chi connectivity index (χ0n) is 18.6. The number of aromatic nitrogens is 2. The van der Waals surface area contributed by atoms with Crippen molar-refractivity contribution >= 4 is 21.6 Å². The number of benzene rings is 3. The summed E-state index contributed by atoms with van der Waals surface area (Å²) < 4.78 is 23.1. The van der Waals surface area contributed by atoms with Crippen molar-refractivity contribution in [2.24, 2.45) is 5.16 Å². The molecule has 0 aliphatic carbocycles. The Balaban J connectivity index is 1.41. The van der Waals surface area contributed by atoms with Crippen molar-refractivity contribution in [3.05, 3.63) is 107 Å². The van der Waals surface area contributed by atoms with Gasteiger partial charge in [0.25, 0.3) is 0 Å². The maximum Gasteiger partial charge on any atom is 0.171 e. The van der Waals surface area contributed by atoms with Crippen LogP contribution in [0.5, 0.6) is 5.75 Å². The van der Waals surface area contributed by atoms with Gasteiger partial charge in [0.2, 0.25) is 0 Å². The van der Waals surface area contributed by atoms with Crippen LogP contribution in [0.3, 0.4) is 0 Å². The average Bonchev–Trinajstić information content (AvgIpc) is 3.39. The first-order chi connectivity index (χ1) is 16.5. The Kier molecular flexibility index (Phi) is 6.20. The summed E-state index contributed by atoms with van der Waals surface area (Å²) in [4.78, 5) is 10.2. The highest BCUT2D eigenvalue weighted by Gasteiger charge is 2.39. The van der Waals surface area contributed by atoms with E-state index < -0.39 is 5.60 Å². The fraction of sp³-hybridized carbons (Fsp3) is 0.185. The smallest absolute Gasteiger partial charge is 0.171 e. The van der Waals surface area contributed by atoms with Crippen molar-refractivity contribution in [1.29, 1.82) is 0 Å². The van der Waals surface area contributed by atoms with Gasteiger partial charge in [0.15, 0.2) is 5.60 Å². The van der Waals surface area contributed by atoms with Crippen molar-refractivity contribution in [2.45, 2.75) is 25.0 Å². The second-order valence-corrected chi connectivity index (χ2v) is 9.47.